The second-order valence-electron chi connectivity index (χ2n) is 7.12. The average molecular weight is 503 g/mol. The lowest BCUT2D eigenvalue weighted by Gasteiger charge is -2.32. The molecule has 1 amide bonds. The number of piperidine rings is 1. The molecule has 1 aromatic rings. The number of ether oxygens (including phenoxy) is 1. The first-order chi connectivity index (χ1) is 13.0. The Balaban J connectivity index is 0.00000392. The van der Waals surface area contributed by atoms with E-state index in [1.165, 1.54) is 5.56 Å². The van der Waals surface area contributed by atoms with Gasteiger partial charge in [-0.2, -0.15) is 0 Å². The summed E-state index contributed by atoms with van der Waals surface area (Å²) in [5.74, 6) is 1.92. The second kappa shape index (κ2) is 12.8. The molecule has 1 aliphatic rings. The smallest absolute Gasteiger partial charge is 0.231 e. The van der Waals surface area contributed by atoms with Crippen LogP contribution in [0.2, 0.25) is 0 Å². The third-order valence-corrected chi connectivity index (χ3v) is 5.09. The van der Waals surface area contributed by atoms with Gasteiger partial charge in [0, 0.05) is 32.7 Å². The monoisotopic (exact) mass is 503 g/mol. The highest BCUT2D eigenvalue weighted by Crippen LogP contribution is 2.21. The van der Waals surface area contributed by atoms with Crippen molar-refractivity contribution in [3.63, 3.8) is 0 Å². The van der Waals surface area contributed by atoms with Gasteiger partial charge in [-0.25, -0.2) is 0 Å². The largest absolute Gasteiger partial charge is 0.497 e. The topological polar surface area (TPSA) is 92.0 Å². The Morgan fingerprint density at radius 2 is 1.96 bits per heavy atom. The number of rotatable bonds is 8. The predicted molar refractivity (Wildman–Crippen MR) is 125 cm³/mol. The number of nitrogens with zero attached hydrogens (tertiary/aromatic N) is 2. The van der Waals surface area contributed by atoms with Gasteiger partial charge in [-0.05, 0) is 42.9 Å². The van der Waals surface area contributed by atoms with Crippen LogP contribution in [0.5, 0.6) is 5.75 Å². The maximum atomic E-state index is 11.0. The molecular formula is C20H34IN5O2. The van der Waals surface area contributed by atoms with Gasteiger partial charge in [0.1, 0.15) is 5.75 Å². The molecule has 0 saturated carbocycles. The van der Waals surface area contributed by atoms with Crippen molar-refractivity contribution in [3.8, 4) is 5.75 Å². The Labute approximate surface area is 185 Å². The highest BCUT2D eigenvalue weighted by Gasteiger charge is 2.20. The number of primary amides is 1. The highest BCUT2D eigenvalue weighted by atomic mass is 127. The minimum atomic E-state index is -0.259. The quantitative estimate of drug-likeness (QED) is 0.287. The van der Waals surface area contributed by atoms with Crippen LogP contribution in [-0.2, 0) is 4.79 Å². The number of benzene rings is 1. The van der Waals surface area contributed by atoms with Crippen LogP contribution in [0, 0.1) is 0 Å². The number of amides is 1. The zero-order valence-electron chi connectivity index (χ0n) is 17.1. The van der Waals surface area contributed by atoms with E-state index in [-0.39, 0.29) is 29.9 Å². The van der Waals surface area contributed by atoms with Crippen LogP contribution in [0.1, 0.15) is 37.7 Å². The van der Waals surface area contributed by atoms with Crippen molar-refractivity contribution in [1.29, 1.82) is 0 Å². The summed E-state index contributed by atoms with van der Waals surface area (Å²) in [7, 11) is 3.48. The zero-order chi connectivity index (χ0) is 19.6. The molecule has 0 bridgehead atoms. The molecule has 28 heavy (non-hydrogen) atoms. The lowest BCUT2D eigenvalue weighted by atomic mass is 9.98. The highest BCUT2D eigenvalue weighted by molar-refractivity contribution is 14.0. The molecule has 1 unspecified atom stereocenters. The number of likely N-dealkylation sites (tertiary alicyclic amines) is 1. The summed E-state index contributed by atoms with van der Waals surface area (Å²) >= 11 is 0. The van der Waals surface area contributed by atoms with Crippen molar-refractivity contribution in [2.24, 2.45) is 10.7 Å². The minimum Gasteiger partial charge on any atom is -0.497 e. The van der Waals surface area contributed by atoms with E-state index < -0.39 is 0 Å². The number of hydrogen-bond donors (Lipinski definition) is 3. The van der Waals surface area contributed by atoms with E-state index in [2.05, 4.69) is 39.6 Å². The molecule has 0 aromatic heterocycles. The van der Waals surface area contributed by atoms with E-state index in [4.69, 9.17) is 10.5 Å². The molecule has 1 aromatic carbocycles. The van der Waals surface area contributed by atoms with Crippen LogP contribution in [0.15, 0.2) is 29.3 Å². The number of halogens is 1. The van der Waals surface area contributed by atoms with E-state index in [0.717, 1.165) is 50.6 Å². The van der Waals surface area contributed by atoms with Crippen molar-refractivity contribution in [2.45, 2.75) is 38.1 Å². The van der Waals surface area contributed by atoms with Crippen molar-refractivity contribution in [3.05, 3.63) is 29.8 Å². The third-order valence-electron chi connectivity index (χ3n) is 5.09. The molecule has 7 nitrogen and oxygen atoms in total. The predicted octanol–water partition coefficient (Wildman–Crippen LogP) is 1.92. The van der Waals surface area contributed by atoms with Crippen molar-refractivity contribution < 1.29 is 9.53 Å². The lowest BCUT2D eigenvalue weighted by Crippen LogP contribution is -2.50. The maximum Gasteiger partial charge on any atom is 0.231 e. The third kappa shape index (κ3) is 8.22. The van der Waals surface area contributed by atoms with Crippen molar-refractivity contribution >= 4 is 35.8 Å². The molecule has 1 atom stereocenters. The summed E-state index contributed by atoms with van der Waals surface area (Å²) in [6.07, 6.45) is 2.98. The van der Waals surface area contributed by atoms with E-state index in [1.807, 2.05) is 12.1 Å². The summed E-state index contributed by atoms with van der Waals surface area (Å²) < 4.78 is 5.21. The molecule has 8 heteroatoms. The van der Waals surface area contributed by atoms with Gasteiger partial charge in [0.05, 0.1) is 13.7 Å². The van der Waals surface area contributed by atoms with Gasteiger partial charge in [-0.1, -0.05) is 19.1 Å². The summed E-state index contributed by atoms with van der Waals surface area (Å²) in [5.41, 5.74) is 6.57. The molecule has 1 saturated heterocycles. The number of guanidine groups is 1. The Morgan fingerprint density at radius 3 is 2.50 bits per heavy atom. The fourth-order valence-electron chi connectivity index (χ4n) is 3.35. The Bertz CT molecular complexity index is 616. The SMILES string of the molecule is CN=C(NCCC(C)c1ccc(OC)cc1)NC1CCN(CC(N)=O)CC1.I. The second-order valence-corrected chi connectivity index (χ2v) is 7.12. The first-order valence-corrected chi connectivity index (χ1v) is 9.63. The van der Waals surface area contributed by atoms with E-state index >= 15 is 0 Å². The molecule has 1 aliphatic heterocycles. The molecule has 0 spiro atoms. The summed E-state index contributed by atoms with van der Waals surface area (Å²) in [6, 6.07) is 8.63. The number of carbonyl (C=O) groups is 1. The molecule has 4 N–H and O–H groups in total. The number of hydrogen-bond acceptors (Lipinski definition) is 4. The summed E-state index contributed by atoms with van der Waals surface area (Å²) in [4.78, 5) is 17.4. The molecular weight excluding hydrogens is 469 g/mol. The average Bonchev–Trinajstić information content (AvgIpc) is 2.68. The van der Waals surface area contributed by atoms with Gasteiger partial charge >= 0.3 is 0 Å². The molecule has 1 fully saturated rings. The summed E-state index contributed by atoms with van der Waals surface area (Å²) in [6.45, 7) is 5.20. The zero-order valence-corrected chi connectivity index (χ0v) is 19.4. The van der Waals surface area contributed by atoms with Gasteiger partial charge in [0.2, 0.25) is 5.91 Å². The first-order valence-electron chi connectivity index (χ1n) is 9.63. The number of aliphatic imine (C=N–C) groups is 1. The Kier molecular flexibility index (Phi) is 11.2. The van der Waals surface area contributed by atoms with E-state index in [0.29, 0.717) is 18.5 Å². The normalized spacial score (nSPS) is 16.8. The van der Waals surface area contributed by atoms with Crippen LogP contribution in [0.4, 0.5) is 0 Å². The number of nitrogens with two attached hydrogens (primary N) is 1. The molecule has 0 aliphatic carbocycles. The molecule has 158 valence electrons. The van der Waals surface area contributed by atoms with Crippen LogP contribution in [0.3, 0.4) is 0 Å². The van der Waals surface area contributed by atoms with Gasteiger partial charge in [0.15, 0.2) is 5.96 Å². The fraction of sp³-hybridized carbons (Fsp3) is 0.600. The molecule has 2 rings (SSSR count). The van der Waals surface area contributed by atoms with Crippen LogP contribution < -0.4 is 21.1 Å². The van der Waals surface area contributed by atoms with Crippen LogP contribution in [-0.4, -0.2) is 63.1 Å². The van der Waals surface area contributed by atoms with Gasteiger partial charge in [-0.3, -0.25) is 14.7 Å². The maximum absolute atomic E-state index is 11.0. The Hall–Kier alpha value is -1.55. The molecule has 1 heterocycles. The van der Waals surface area contributed by atoms with Gasteiger partial charge < -0.3 is 21.1 Å². The van der Waals surface area contributed by atoms with Gasteiger partial charge in [0.25, 0.3) is 0 Å². The van der Waals surface area contributed by atoms with Crippen LogP contribution >= 0.6 is 24.0 Å². The standard InChI is InChI=1S/C20H33N5O2.HI/c1-15(16-4-6-18(27-3)7-5-16)8-11-23-20(22-2)24-17-9-12-25(13-10-17)14-19(21)26;/h4-7,15,17H,8-14H2,1-3H3,(H2,21,26)(H2,22,23,24);1H. The number of carbonyl (C=O) groups excluding carboxylic acids is 1. The van der Waals surface area contributed by atoms with E-state index in [9.17, 15) is 4.79 Å². The van der Waals surface area contributed by atoms with Crippen molar-refractivity contribution in [2.75, 3.05) is 40.3 Å². The summed E-state index contributed by atoms with van der Waals surface area (Å²) in [5, 5.41) is 6.90. The Morgan fingerprint density at radius 1 is 1.32 bits per heavy atom. The number of methoxy groups -OCH3 is 1. The minimum absolute atomic E-state index is 0. The first kappa shape index (κ1) is 24.5. The van der Waals surface area contributed by atoms with Gasteiger partial charge in [-0.15, -0.1) is 24.0 Å². The molecule has 0 radical (unpaired) electrons. The van der Waals surface area contributed by atoms with E-state index in [1.54, 1.807) is 14.2 Å². The lowest BCUT2D eigenvalue weighted by molar-refractivity contribution is -0.119. The fourth-order valence-corrected chi connectivity index (χ4v) is 3.35. The van der Waals surface area contributed by atoms with Crippen LogP contribution in [0.25, 0.3) is 0 Å². The van der Waals surface area contributed by atoms with Crippen molar-refractivity contribution in [1.82, 2.24) is 15.5 Å². The number of nitrogens with one attached hydrogen (secondary N) is 2.